The summed E-state index contributed by atoms with van der Waals surface area (Å²) in [5.74, 6) is 1.11. The molecule has 0 atom stereocenters. The summed E-state index contributed by atoms with van der Waals surface area (Å²) in [7, 11) is 0. The molecule has 3 nitrogen and oxygen atoms in total. The second-order valence-corrected chi connectivity index (χ2v) is 7.80. The molecule has 0 bridgehead atoms. The average Bonchev–Trinajstić information content (AvgIpc) is 2.82. The molecule has 2 aliphatic heterocycles. The zero-order chi connectivity index (χ0) is 17.2. The van der Waals surface area contributed by atoms with Gasteiger partial charge in [0, 0.05) is 40.0 Å². The fourth-order valence-corrected chi connectivity index (χ4v) is 4.48. The summed E-state index contributed by atoms with van der Waals surface area (Å²) < 4.78 is 0. The van der Waals surface area contributed by atoms with Gasteiger partial charge in [-0.2, -0.15) is 0 Å². The molecule has 4 rings (SSSR count). The first kappa shape index (κ1) is 17.0. The molecule has 0 saturated carbocycles. The van der Waals surface area contributed by atoms with Gasteiger partial charge in [-0.05, 0) is 30.7 Å². The lowest BCUT2D eigenvalue weighted by Gasteiger charge is -2.27. The standard InChI is InChI=1S/C19H17Cl2N3S/c20-13-6-7-17-15(12-13)18(14-4-1-2-5-16(14)21)22-9-10-24(17)19-23-8-3-11-25-19/h1-2,4-7,12H,3,8-11H2. The normalized spacial score (nSPS) is 17.4. The van der Waals surface area contributed by atoms with Crippen LogP contribution < -0.4 is 4.90 Å². The van der Waals surface area contributed by atoms with E-state index in [0.717, 1.165) is 53.0 Å². The van der Waals surface area contributed by atoms with Crippen LogP contribution in [0.5, 0.6) is 0 Å². The molecule has 25 heavy (non-hydrogen) atoms. The lowest BCUT2D eigenvalue weighted by atomic mass is 10.00. The summed E-state index contributed by atoms with van der Waals surface area (Å²) in [6, 6.07) is 13.8. The number of hydrogen-bond acceptors (Lipinski definition) is 4. The van der Waals surface area contributed by atoms with E-state index in [1.54, 1.807) is 0 Å². The Morgan fingerprint density at radius 2 is 1.84 bits per heavy atom. The molecule has 2 heterocycles. The molecule has 128 valence electrons. The number of benzodiazepines with no additional fused rings is 1. The second kappa shape index (κ2) is 7.40. The van der Waals surface area contributed by atoms with Gasteiger partial charge < -0.3 is 4.90 Å². The lowest BCUT2D eigenvalue weighted by molar-refractivity contribution is 0.909. The minimum absolute atomic E-state index is 0.687. The number of nitrogens with zero attached hydrogens (tertiary/aromatic N) is 3. The largest absolute Gasteiger partial charge is 0.319 e. The van der Waals surface area contributed by atoms with Crippen LogP contribution in [0.25, 0.3) is 0 Å². The summed E-state index contributed by atoms with van der Waals surface area (Å²) in [5.41, 5.74) is 3.93. The maximum atomic E-state index is 6.45. The van der Waals surface area contributed by atoms with Crippen molar-refractivity contribution in [3.63, 3.8) is 0 Å². The van der Waals surface area contributed by atoms with Crippen molar-refractivity contribution in [1.82, 2.24) is 0 Å². The Morgan fingerprint density at radius 3 is 2.64 bits per heavy atom. The van der Waals surface area contributed by atoms with Gasteiger partial charge in [0.25, 0.3) is 0 Å². The number of hydrogen-bond donors (Lipinski definition) is 0. The Kier molecular flexibility index (Phi) is 5.02. The van der Waals surface area contributed by atoms with Crippen molar-refractivity contribution in [3.05, 3.63) is 63.6 Å². The number of anilines is 1. The van der Waals surface area contributed by atoms with Crippen molar-refractivity contribution in [2.75, 3.05) is 30.3 Å². The van der Waals surface area contributed by atoms with Crippen molar-refractivity contribution >= 4 is 51.5 Å². The number of aliphatic imine (C=N–C) groups is 2. The van der Waals surface area contributed by atoms with E-state index in [-0.39, 0.29) is 0 Å². The van der Waals surface area contributed by atoms with Crippen LogP contribution in [0.15, 0.2) is 52.4 Å². The quantitative estimate of drug-likeness (QED) is 0.674. The molecule has 0 fully saturated rings. The third-order valence-corrected chi connectivity index (χ3v) is 5.90. The van der Waals surface area contributed by atoms with Gasteiger partial charge in [0.05, 0.1) is 17.9 Å². The molecule has 0 aromatic heterocycles. The minimum Gasteiger partial charge on any atom is -0.319 e. The van der Waals surface area contributed by atoms with Crippen molar-refractivity contribution in [1.29, 1.82) is 0 Å². The van der Waals surface area contributed by atoms with E-state index in [2.05, 4.69) is 11.0 Å². The number of rotatable bonds is 1. The Bertz CT molecular complexity index is 863. The van der Waals surface area contributed by atoms with Gasteiger partial charge in [0.1, 0.15) is 0 Å². The highest BCUT2D eigenvalue weighted by Crippen LogP contribution is 2.33. The molecule has 0 aliphatic carbocycles. The average molecular weight is 390 g/mol. The Hall–Kier alpha value is -1.49. The van der Waals surface area contributed by atoms with Crippen LogP contribution in [0.4, 0.5) is 5.69 Å². The molecule has 0 spiro atoms. The topological polar surface area (TPSA) is 28.0 Å². The van der Waals surface area contributed by atoms with E-state index in [1.165, 1.54) is 0 Å². The van der Waals surface area contributed by atoms with Gasteiger partial charge in [0.15, 0.2) is 5.17 Å². The monoisotopic (exact) mass is 389 g/mol. The van der Waals surface area contributed by atoms with Crippen LogP contribution in [0.2, 0.25) is 10.0 Å². The van der Waals surface area contributed by atoms with Gasteiger partial charge in [-0.25, -0.2) is 0 Å². The number of thioether (sulfide) groups is 1. The Morgan fingerprint density at radius 1 is 0.960 bits per heavy atom. The van der Waals surface area contributed by atoms with Crippen molar-refractivity contribution in [2.24, 2.45) is 9.98 Å². The maximum Gasteiger partial charge on any atom is 0.163 e. The van der Waals surface area contributed by atoms with Gasteiger partial charge in [-0.3, -0.25) is 9.98 Å². The third kappa shape index (κ3) is 3.43. The SMILES string of the molecule is Clc1ccc2c(c1)C(c1ccccc1Cl)=NCCN2C1=NCCCS1. The number of halogens is 2. The molecule has 2 aliphatic rings. The van der Waals surface area contributed by atoms with E-state index in [4.69, 9.17) is 33.2 Å². The highest BCUT2D eigenvalue weighted by molar-refractivity contribution is 8.14. The van der Waals surface area contributed by atoms with E-state index in [9.17, 15) is 0 Å². The first-order chi connectivity index (χ1) is 12.2. The molecule has 0 N–H and O–H groups in total. The molecule has 0 unspecified atom stereocenters. The molecule has 2 aromatic rings. The molecular weight excluding hydrogens is 373 g/mol. The van der Waals surface area contributed by atoms with Crippen LogP contribution in [0.3, 0.4) is 0 Å². The molecule has 0 amide bonds. The molecule has 6 heteroatoms. The summed E-state index contributed by atoms with van der Waals surface area (Å²) in [5, 5.41) is 2.47. The lowest BCUT2D eigenvalue weighted by Crippen LogP contribution is -2.33. The summed E-state index contributed by atoms with van der Waals surface area (Å²) >= 11 is 14.6. The predicted octanol–water partition coefficient (Wildman–Crippen LogP) is 5.14. The van der Waals surface area contributed by atoms with Crippen LogP contribution >= 0.6 is 35.0 Å². The van der Waals surface area contributed by atoms with Crippen molar-refractivity contribution in [2.45, 2.75) is 6.42 Å². The fourth-order valence-electron chi connectivity index (χ4n) is 3.09. The molecular formula is C19H17Cl2N3S. The molecule has 0 radical (unpaired) electrons. The van der Waals surface area contributed by atoms with Crippen LogP contribution in [0.1, 0.15) is 17.5 Å². The zero-order valence-electron chi connectivity index (χ0n) is 13.6. The molecule has 0 saturated heterocycles. The first-order valence-electron chi connectivity index (χ1n) is 8.28. The van der Waals surface area contributed by atoms with Gasteiger partial charge in [-0.1, -0.05) is 53.2 Å². The maximum absolute atomic E-state index is 6.45. The van der Waals surface area contributed by atoms with Crippen LogP contribution in [-0.4, -0.2) is 36.3 Å². The van der Waals surface area contributed by atoms with Crippen molar-refractivity contribution < 1.29 is 0 Å². The second-order valence-electron chi connectivity index (χ2n) is 5.89. The smallest absolute Gasteiger partial charge is 0.163 e. The predicted molar refractivity (Wildman–Crippen MR) is 110 cm³/mol. The number of amidine groups is 1. The van der Waals surface area contributed by atoms with Gasteiger partial charge in [0.2, 0.25) is 0 Å². The Balaban J connectivity index is 1.85. The zero-order valence-corrected chi connectivity index (χ0v) is 15.9. The highest BCUT2D eigenvalue weighted by atomic mass is 35.5. The van der Waals surface area contributed by atoms with E-state index < -0.39 is 0 Å². The highest BCUT2D eigenvalue weighted by Gasteiger charge is 2.25. The summed E-state index contributed by atoms with van der Waals surface area (Å²) in [4.78, 5) is 11.8. The third-order valence-electron chi connectivity index (χ3n) is 4.24. The van der Waals surface area contributed by atoms with Crippen LogP contribution in [0, 0.1) is 0 Å². The number of benzene rings is 2. The van der Waals surface area contributed by atoms with Gasteiger partial charge >= 0.3 is 0 Å². The Labute approximate surface area is 161 Å². The first-order valence-corrected chi connectivity index (χ1v) is 10.0. The van der Waals surface area contributed by atoms with Crippen LogP contribution in [-0.2, 0) is 0 Å². The minimum atomic E-state index is 0.687. The molecule has 2 aromatic carbocycles. The fraction of sp³-hybridized carbons (Fsp3) is 0.263. The van der Waals surface area contributed by atoms with E-state index >= 15 is 0 Å². The summed E-state index contributed by atoms with van der Waals surface area (Å²) in [6.45, 7) is 2.38. The van der Waals surface area contributed by atoms with Crippen molar-refractivity contribution in [3.8, 4) is 0 Å². The van der Waals surface area contributed by atoms with E-state index in [0.29, 0.717) is 16.6 Å². The number of fused-ring (bicyclic) bond motifs is 1. The van der Waals surface area contributed by atoms with Gasteiger partial charge in [-0.15, -0.1) is 0 Å². The summed E-state index contributed by atoms with van der Waals surface area (Å²) in [6.07, 6.45) is 1.14. The van der Waals surface area contributed by atoms with E-state index in [1.807, 2.05) is 48.2 Å².